The summed E-state index contributed by atoms with van der Waals surface area (Å²) in [6, 6.07) is 2.43. The quantitative estimate of drug-likeness (QED) is 0.571. The number of hydrogen-bond donors (Lipinski definition) is 2. The van der Waals surface area contributed by atoms with Crippen LogP contribution < -0.4 is 5.48 Å². The molecule has 1 saturated carbocycles. The number of carbonyl (C=O) groups is 1. The van der Waals surface area contributed by atoms with E-state index in [1.807, 2.05) is 6.07 Å². The summed E-state index contributed by atoms with van der Waals surface area (Å²) >= 11 is 0. The van der Waals surface area contributed by atoms with E-state index in [0.717, 1.165) is 43.1 Å². The second-order valence-corrected chi connectivity index (χ2v) is 8.34. The van der Waals surface area contributed by atoms with Crippen LogP contribution in [-0.4, -0.2) is 33.6 Å². The Labute approximate surface area is 157 Å². The third kappa shape index (κ3) is 3.79. The van der Waals surface area contributed by atoms with E-state index < -0.39 is 5.91 Å². The molecule has 5 heteroatoms. The Balaban J connectivity index is 1.68. The summed E-state index contributed by atoms with van der Waals surface area (Å²) in [5, 5.41) is 8.86. The molecule has 1 atom stereocenters. The van der Waals surface area contributed by atoms with Gasteiger partial charge in [-0.3, -0.25) is 19.9 Å². The first-order valence-corrected chi connectivity index (χ1v) is 10.2. The van der Waals surface area contributed by atoms with Gasteiger partial charge in [-0.2, -0.15) is 0 Å². The van der Waals surface area contributed by atoms with Gasteiger partial charge >= 0.3 is 0 Å². The Morgan fingerprint density at radius 1 is 1.38 bits per heavy atom. The van der Waals surface area contributed by atoms with Gasteiger partial charge in [0.1, 0.15) is 0 Å². The molecule has 1 amide bonds. The smallest absolute Gasteiger partial charge is 0.276 e. The van der Waals surface area contributed by atoms with Gasteiger partial charge in [-0.1, -0.05) is 33.6 Å². The summed E-state index contributed by atoms with van der Waals surface area (Å²) < 4.78 is 0. The van der Waals surface area contributed by atoms with Gasteiger partial charge in [-0.25, -0.2) is 5.48 Å². The summed E-state index contributed by atoms with van der Waals surface area (Å²) in [4.78, 5) is 18.8. The molecule has 5 nitrogen and oxygen atoms in total. The average molecular weight is 360 g/mol. The zero-order valence-electron chi connectivity index (χ0n) is 16.4. The van der Waals surface area contributed by atoms with Crippen LogP contribution in [0.4, 0.5) is 0 Å². The van der Waals surface area contributed by atoms with Crippen LogP contribution in [0.25, 0.3) is 0 Å². The molecule has 0 aromatic carbocycles. The number of pyridine rings is 1. The van der Waals surface area contributed by atoms with Crippen molar-refractivity contribution in [2.75, 3.05) is 6.54 Å². The summed E-state index contributed by atoms with van der Waals surface area (Å²) in [5.74, 6) is 0.310. The number of carbonyl (C=O) groups excluding carboxylic acids is 1. The van der Waals surface area contributed by atoms with E-state index in [2.05, 4.69) is 30.7 Å². The van der Waals surface area contributed by atoms with E-state index in [4.69, 9.17) is 5.21 Å². The van der Waals surface area contributed by atoms with Crippen molar-refractivity contribution in [2.24, 2.45) is 11.3 Å². The van der Waals surface area contributed by atoms with Crippen molar-refractivity contribution in [1.82, 2.24) is 15.4 Å². The second-order valence-electron chi connectivity index (χ2n) is 8.34. The fourth-order valence-electron chi connectivity index (χ4n) is 5.19. The number of rotatable bonds is 7. The largest absolute Gasteiger partial charge is 0.295 e. The summed E-state index contributed by atoms with van der Waals surface area (Å²) in [5.41, 5.74) is 4.96. The minimum Gasteiger partial charge on any atom is -0.295 e. The van der Waals surface area contributed by atoms with Crippen LogP contribution in [0.15, 0.2) is 12.3 Å². The fraction of sp³-hybridized carbons (Fsp3) is 0.714. The monoisotopic (exact) mass is 359 g/mol. The molecule has 0 spiro atoms. The third-order valence-corrected chi connectivity index (χ3v) is 6.68. The Kier molecular flexibility index (Phi) is 5.98. The number of hydrogen-bond acceptors (Lipinski definition) is 4. The lowest BCUT2D eigenvalue weighted by atomic mass is 9.58. The first-order valence-electron chi connectivity index (χ1n) is 10.2. The topological polar surface area (TPSA) is 65.5 Å². The van der Waals surface area contributed by atoms with Crippen LogP contribution in [0.1, 0.15) is 80.9 Å². The van der Waals surface area contributed by atoms with Crippen LogP contribution in [-0.2, 0) is 13.0 Å². The maximum absolute atomic E-state index is 11.7. The Morgan fingerprint density at radius 3 is 2.77 bits per heavy atom. The van der Waals surface area contributed by atoms with E-state index >= 15 is 0 Å². The van der Waals surface area contributed by atoms with E-state index in [0.29, 0.717) is 17.0 Å². The maximum Gasteiger partial charge on any atom is 0.276 e. The average Bonchev–Trinajstić information content (AvgIpc) is 2.64. The van der Waals surface area contributed by atoms with E-state index in [1.165, 1.54) is 32.1 Å². The normalized spacial score (nSPS) is 28.3. The maximum atomic E-state index is 11.7. The van der Waals surface area contributed by atoms with Gasteiger partial charge in [0, 0.05) is 37.4 Å². The highest BCUT2D eigenvalue weighted by Crippen LogP contribution is 2.51. The molecule has 2 N–H and O–H groups in total. The Bertz CT molecular complexity index is 640. The molecule has 1 aliphatic carbocycles. The fourth-order valence-corrected chi connectivity index (χ4v) is 5.19. The molecule has 1 aromatic rings. The van der Waals surface area contributed by atoms with Gasteiger partial charge < -0.3 is 0 Å². The van der Waals surface area contributed by atoms with Crippen LogP contribution in [0, 0.1) is 11.3 Å². The zero-order chi connectivity index (χ0) is 18.7. The van der Waals surface area contributed by atoms with Crippen molar-refractivity contribution >= 4 is 5.91 Å². The summed E-state index contributed by atoms with van der Waals surface area (Å²) in [6.45, 7) is 8.91. The van der Waals surface area contributed by atoms with Gasteiger partial charge in [-0.05, 0) is 48.6 Å². The molecule has 0 bridgehead atoms. The van der Waals surface area contributed by atoms with E-state index in [9.17, 15) is 4.79 Å². The van der Waals surface area contributed by atoms with Gasteiger partial charge in [-0.15, -0.1) is 0 Å². The molecule has 0 saturated heterocycles. The van der Waals surface area contributed by atoms with Crippen LogP contribution >= 0.6 is 0 Å². The van der Waals surface area contributed by atoms with Gasteiger partial charge in [0.2, 0.25) is 0 Å². The highest BCUT2D eigenvalue weighted by atomic mass is 16.5. The summed E-state index contributed by atoms with van der Waals surface area (Å²) in [6.07, 6.45) is 10.3. The van der Waals surface area contributed by atoms with Crippen molar-refractivity contribution in [3.63, 3.8) is 0 Å². The highest BCUT2D eigenvalue weighted by Gasteiger charge is 2.43. The molecule has 1 aliphatic heterocycles. The minimum absolute atomic E-state index is 0.428. The van der Waals surface area contributed by atoms with Crippen molar-refractivity contribution in [3.8, 4) is 0 Å². The zero-order valence-corrected chi connectivity index (χ0v) is 16.4. The number of aromatic nitrogens is 1. The van der Waals surface area contributed by atoms with Crippen LogP contribution in [0.5, 0.6) is 0 Å². The van der Waals surface area contributed by atoms with Gasteiger partial charge in [0.05, 0.1) is 5.56 Å². The SMILES string of the molecule is CCCC1(CC)CC(CN2Cc3cc(C(=O)NO)cnc3C[C@@H]2CC)C1. The molecule has 0 radical (unpaired) electrons. The third-order valence-electron chi connectivity index (χ3n) is 6.68. The Hall–Kier alpha value is -1.46. The van der Waals surface area contributed by atoms with Crippen molar-refractivity contribution in [2.45, 2.75) is 78.3 Å². The molecule has 1 aromatic heterocycles. The molecular formula is C21H33N3O2. The minimum atomic E-state index is -0.490. The molecule has 0 unspecified atom stereocenters. The molecule has 144 valence electrons. The summed E-state index contributed by atoms with van der Waals surface area (Å²) in [7, 11) is 0. The lowest BCUT2D eigenvalue weighted by molar-refractivity contribution is 0.00255. The van der Waals surface area contributed by atoms with Crippen molar-refractivity contribution in [1.29, 1.82) is 0 Å². The number of hydroxylamine groups is 1. The number of nitrogens with one attached hydrogen (secondary N) is 1. The van der Waals surface area contributed by atoms with Gasteiger partial charge in [0.15, 0.2) is 0 Å². The number of nitrogens with zero attached hydrogens (tertiary/aromatic N) is 2. The molecule has 3 rings (SSSR count). The molecular weight excluding hydrogens is 326 g/mol. The standard InChI is InChI=1S/C21H33N3O2/c1-4-7-21(6-3)10-15(11-21)13-24-14-17-8-16(20(25)23-26)12-22-19(17)9-18(24)5-2/h8,12,15,18,26H,4-7,9-11,13-14H2,1-3H3,(H,23,25)/t15?,18-,21?/m0/s1. The lowest BCUT2D eigenvalue weighted by Gasteiger charge is -2.50. The molecule has 1 fully saturated rings. The predicted molar refractivity (Wildman–Crippen MR) is 102 cm³/mol. The van der Waals surface area contributed by atoms with E-state index in [1.54, 1.807) is 11.7 Å². The molecule has 2 heterocycles. The molecule has 2 aliphatic rings. The van der Waals surface area contributed by atoms with Gasteiger partial charge in [0.25, 0.3) is 5.91 Å². The highest BCUT2D eigenvalue weighted by molar-refractivity contribution is 5.93. The predicted octanol–water partition coefficient (Wildman–Crippen LogP) is 3.94. The first-order chi connectivity index (χ1) is 12.5. The van der Waals surface area contributed by atoms with E-state index in [-0.39, 0.29) is 0 Å². The number of amides is 1. The lowest BCUT2D eigenvalue weighted by Crippen LogP contribution is -2.48. The van der Waals surface area contributed by atoms with Crippen LogP contribution in [0.2, 0.25) is 0 Å². The second kappa shape index (κ2) is 8.05. The number of fused-ring (bicyclic) bond motifs is 1. The van der Waals surface area contributed by atoms with Crippen LogP contribution in [0.3, 0.4) is 0 Å². The van der Waals surface area contributed by atoms with Crippen molar-refractivity contribution in [3.05, 3.63) is 29.1 Å². The van der Waals surface area contributed by atoms with Crippen molar-refractivity contribution < 1.29 is 10.0 Å². The molecule has 26 heavy (non-hydrogen) atoms. The Morgan fingerprint density at radius 2 is 2.15 bits per heavy atom. The first kappa shape index (κ1) is 19.3.